The second-order valence-corrected chi connectivity index (χ2v) is 4.93. The van der Waals surface area contributed by atoms with Gasteiger partial charge >= 0.3 is 0 Å². The third-order valence-electron chi connectivity index (χ3n) is 2.90. The Labute approximate surface area is 124 Å². The maximum Gasteiger partial charge on any atom is 0.249 e. The molecule has 0 unspecified atom stereocenters. The van der Waals surface area contributed by atoms with Crippen molar-refractivity contribution >= 4 is 29.1 Å². The Bertz CT molecular complexity index is 561. The van der Waals surface area contributed by atoms with E-state index in [1.807, 2.05) is 31.3 Å². The van der Waals surface area contributed by atoms with Gasteiger partial charge in [-0.25, -0.2) is 0 Å². The summed E-state index contributed by atoms with van der Waals surface area (Å²) in [5.41, 5.74) is 0.768. The van der Waals surface area contributed by atoms with E-state index in [1.54, 1.807) is 6.20 Å². The molecule has 0 spiro atoms. The lowest BCUT2D eigenvalue weighted by Crippen LogP contribution is -2.20. The minimum Gasteiger partial charge on any atom is -0.358 e. The fraction of sp³-hybridized carbons (Fsp3) is 0.357. The average Bonchev–Trinajstić information content (AvgIpc) is 2.47. The SMILES string of the molecule is CCCCN(C)c1cnnc(Nc2ccccc2Cl)n1. The first-order chi connectivity index (χ1) is 9.70. The van der Waals surface area contributed by atoms with Crippen LogP contribution >= 0.6 is 11.6 Å². The van der Waals surface area contributed by atoms with E-state index in [0.29, 0.717) is 11.0 Å². The molecule has 1 aromatic heterocycles. The number of hydrogen-bond donors (Lipinski definition) is 1. The fourth-order valence-corrected chi connectivity index (χ4v) is 1.91. The van der Waals surface area contributed by atoms with Crippen LogP contribution in [-0.2, 0) is 0 Å². The molecule has 0 aliphatic carbocycles. The lowest BCUT2D eigenvalue weighted by atomic mass is 10.3. The van der Waals surface area contributed by atoms with Gasteiger partial charge in [0.15, 0.2) is 5.82 Å². The monoisotopic (exact) mass is 291 g/mol. The lowest BCUT2D eigenvalue weighted by Gasteiger charge is -2.17. The summed E-state index contributed by atoms with van der Waals surface area (Å²) in [6.07, 6.45) is 3.93. The second kappa shape index (κ2) is 7.05. The number of aromatic nitrogens is 3. The zero-order valence-corrected chi connectivity index (χ0v) is 12.4. The van der Waals surface area contributed by atoms with Crippen LogP contribution in [0.3, 0.4) is 0 Å². The first-order valence-electron chi connectivity index (χ1n) is 6.63. The molecule has 1 N–H and O–H groups in total. The fourth-order valence-electron chi connectivity index (χ4n) is 1.72. The molecule has 20 heavy (non-hydrogen) atoms. The van der Waals surface area contributed by atoms with Crippen LogP contribution in [0.4, 0.5) is 17.5 Å². The van der Waals surface area contributed by atoms with Crippen LogP contribution in [0.15, 0.2) is 30.5 Å². The Morgan fingerprint density at radius 1 is 1.30 bits per heavy atom. The molecular weight excluding hydrogens is 274 g/mol. The molecule has 0 amide bonds. The smallest absolute Gasteiger partial charge is 0.249 e. The van der Waals surface area contributed by atoms with Crippen molar-refractivity contribution in [3.8, 4) is 0 Å². The van der Waals surface area contributed by atoms with Gasteiger partial charge in [-0.3, -0.25) is 0 Å². The summed E-state index contributed by atoms with van der Waals surface area (Å²) in [5, 5.41) is 11.7. The molecule has 5 nitrogen and oxygen atoms in total. The molecule has 0 fully saturated rings. The minimum atomic E-state index is 0.443. The standard InChI is InChI=1S/C14H18ClN5/c1-3-4-9-20(2)13-10-16-19-14(18-13)17-12-8-6-5-7-11(12)15/h5-8,10H,3-4,9H2,1-2H3,(H,17,18,19). The van der Waals surface area contributed by atoms with Crippen LogP contribution in [-0.4, -0.2) is 28.8 Å². The number of para-hydroxylation sites is 1. The molecule has 0 saturated carbocycles. The number of benzene rings is 1. The summed E-state index contributed by atoms with van der Waals surface area (Å²) < 4.78 is 0. The third-order valence-corrected chi connectivity index (χ3v) is 3.23. The molecule has 0 saturated heterocycles. The van der Waals surface area contributed by atoms with Crippen molar-refractivity contribution < 1.29 is 0 Å². The Morgan fingerprint density at radius 2 is 2.10 bits per heavy atom. The van der Waals surface area contributed by atoms with Gasteiger partial charge in [-0.05, 0) is 18.6 Å². The maximum atomic E-state index is 6.10. The van der Waals surface area contributed by atoms with E-state index in [9.17, 15) is 0 Å². The number of nitrogens with zero attached hydrogens (tertiary/aromatic N) is 4. The van der Waals surface area contributed by atoms with Crippen LogP contribution in [0.2, 0.25) is 5.02 Å². The maximum absolute atomic E-state index is 6.10. The Balaban J connectivity index is 2.12. The van der Waals surface area contributed by atoms with Crippen LogP contribution < -0.4 is 10.2 Å². The molecule has 0 atom stereocenters. The van der Waals surface area contributed by atoms with Gasteiger partial charge in [0.05, 0.1) is 16.9 Å². The van der Waals surface area contributed by atoms with Crippen molar-refractivity contribution in [3.05, 3.63) is 35.5 Å². The number of hydrogen-bond acceptors (Lipinski definition) is 5. The largest absolute Gasteiger partial charge is 0.358 e. The van der Waals surface area contributed by atoms with E-state index in [-0.39, 0.29) is 0 Å². The third kappa shape index (κ3) is 3.81. The molecule has 0 bridgehead atoms. The van der Waals surface area contributed by atoms with Crippen molar-refractivity contribution in [2.45, 2.75) is 19.8 Å². The zero-order chi connectivity index (χ0) is 14.4. The molecule has 6 heteroatoms. The van der Waals surface area contributed by atoms with Gasteiger partial charge in [-0.15, -0.1) is 5.10 Å². The van der Waals surface area contributed by atoms with E-state index < -0.39 is 0 Å². The van der Waals surface area contributed by atoms with Crippen LogP contribution in [0, 0.1) is 0 Å². The highest BCUT2D eigenvalue weighted by molar-refractivity contribution is 6.33. The first kappa shape index (κ1) is 14.5. The molecule has 2 rings (SSSR count). The van der Waals surface area contributed by atoms with Crippen molar-refractivity contribution in [2.75, 3.05) is 23.8 Å². The predicted octanol–water partition coefficient (Wildman–Crippen LogP) is 3.50. The minimum absolute atomic E-state index is 0.443. The topological polar surface area (TPSA) is 53.9 Å². The first-order valence-corrected chi connectivity index (χ1v) is 7.01. The van der Waals surface area contributed by atoms with Gasteiger partial charge in [0.1, 0.15) is 0 Å². The Kier molecular flexibility index (Phi) is 5.12. The van der Waals surface area contributed by atoms with Crippen molar-refractivity contribution in [1.29, 1.82) is 0 Å². The normalized spacial score (nSPS) is 10.3. The van der Waals surface area contributed by atoms with Crippen LogP contribution in [0.5, 0.6) is 0 Å². The molecule has 1 aromatic carbocycles. The highest BCUT2D eigenvalue weighted by Gasteiger charge is 2.06. The number of unbranched alkanes of at least 4 members (excludes halogenated alkanes) is 1. The van der Waals surface area contributed by atoms with Gasteiger partial charge in [0.2, 0.25) is 5.95 Å². The quantitative estimate of drug-likeness (QED) is 0.883. The van der Waals surface area contributed by atoms with E-state index in [0.717, 1.165) is 30.9 Å². The summed E-state index contributed by atoms with van der Waals surface area (Å²) >= 11 is 6.10. The summed E-state index contributed by atoms with van der Waals surface area (Å²) in [6.45, 7) is 3.11. The van der Waals surface area contributed by atoms with E-state index >= 15 is 0 Å². The van der Waals surface area contributed by atoms with Crippen LogP contribution in [0.25, 0.3) is 0 Å². The van der Waals surface area contributed by atoms with Gasteiger partial charge in [-0.2, -0.15) is 10.1 Å². The molecule has 0 aliphatic heterocycles. The zero-order valence-electron chi connectivity index (χ0n) is 11.7. The highest BCUT2D eigenvalue weighted by atomic mass is 35.5. The van der Waals surface area contributed by atoms with E-state index in [2.05, 4.69) is 32.3 Å². The molecule has 106 valence electrons. The van der Waals surface area contributed by atoms with Gasteiger partial charge in [0, 0.05) is 13.6 Å². The summed E-state index contributed by atoms with van der Waals surface area (Å²) in [7, 11) is 2.00. The van der Waals surface area contributed by atoms with Crippen molar-refractivity contribution in [1.82, 2.24) is 15.2 Å². The molecule has 1 heterocycles. The molecular formula is C14H18ClN5. The molecule has 0 aliphatic rings. The predicted molar refractivity (Wildman–Crippen MR) is 82.7 cm³/mol. The van der Waals surface area contributed by atoms with E-state index in [4.69, 9.17) is 11.6 Å². The summed E-state index contributed by atoms with van der Waals surface area (Å²) in [4.78, 5) is 6.51. The Morgan fingerprint density at radius 3 is 2.85 bits per heavy atom. The van der Waals surface area contributed by atoms with Gasteiger partial charge in [0.25, 0.3) is 0 Å². The second-order valence-electron chi connectivity index (χ2n) is 4.52. The summed E-state index contributed by atoms with van der Waals surface area (Å²) in [6, 6.07) is 7.47. The van der Waals surface area contributed by atoms with E-state index in [1.165, 1.54) is 0 Å². The number of nitrogens with one attached hydrogen (secondary N) is 1. The lowest BCUT2D eigenvalue weighted by molar-refractivity contribution is 0.754. The van der Waals surface area contributed by atoms with Crippen LogP contribution in [0.1, 0.15) is 19.8 Å². The Hall–Kier alpha value is -1.88. The number of rotatable bonds is 6. The van der Waals surface area contributed by atoms with Crippen molar-refractivity contribution in [2.24, 2.45) is 0 Å². The summed E-state index contributed by atoms with van der Waals surface area (Å²) in [5.74, 6) is 1.24. The number of halogens is 1. The number of anilines is 3. The average molecular weight is 292 g/mol. The molecule has 2 aromatic rings. The highest BCUT2D eigenvalue weighted by Crippen LogP contribution is 2.23. The molecule has 0 radical (unpaired) electrons. The van der Waals surface area contributed by atoms with Gasteiger partial charge < -0.3 is 10.2 Å². The van der Waals surface area contributed by atoms with Crippen molar-refractivity contribution in [3.63, 3.8) is 0 Å². The van der Waals surface area contributed by atoms with Gasteiger partial charge in [-0.1, -0.05) is 37.1 Å².